The molecule has 0 unspecified atom stereocenters. The summed E-state index contributed by atoms with van der Waals surface area (Å²) in [5, 5.41) is 14.2. The van der Waals surface area contributed by atoms with Gasteiger partial charge in [0, 0.05) is 5.54 Å². The Bertz CT molecular complexity index is 251. The Balaban J connectivity index is 2.00. The molecule has 100 valence electrons. The summed E-state index contributed by atoms with van der Waals surface area (Å²) in [5.74, 6) is 1.52. The zero-order valence-corrected chi connectivity index (χ0v) is 11.3. The van der Waals surface area contributed by atoms with E-state index in [4.69, 9.17) is 5.73 Å². The lowest BCUT2D eigenvalue weighted by Gasteiger charge is -2.50. The van der Waals surface area contributed by atoms with E-state index in [1.807, 2.05) is 0 Å². The second-order valence-corrected chi connectivity index (χ2v) is 6.52. The quantitative estimate of drug-likeness (QED) is 0.688. The van der Waals surface area contributed by atoms with Gasteiger partial charge in [-0.05, 0) is 63.5 Å². The molecule has 2 aliphatic rings. The first-order chi connectivity index (χ1) is 7.97. The molecule has 0 spiro atoms. The van der Waals surface area contributed by atoms with E-state index in [1.165, 1.54) is 0 Å². The van der Waals surface area contributed by atoms with Crippen LogP contribution in [0.2, 0.25) is 0 Å². The summed E-state index contributed by atoms with van der Waals surface area (Å²) in [6.07, 6.45) is 5.89. The predicted molar refractivity (Wildman–Crippen MR) is 70.8 cm³/mol. The van der Waals surface area contributed by atoms with Crippen LogP contribution >= 0.6 is 0 Å². The maximum atomic E-state index is 10.9. The third-order valence-electron chi connectivity index (χ3n) is 5.22. The smallest absolute Gasteiger partial charge is 0.0827 e. The second-order valence-electron chi connectivity index (χ2n) is 6.52. The van der Waals surface area contributed by atoms with Gasteiger partial charge in [0.25, 0.3) is 0 Å². The van der Waals surface area contributed by atoms with Crippen molar-refractivity contribution in [1.29, 1.82) is 0 Å². The van der Waals surface area contributed by atoms with E-state index in [2.05, 4.69) is 19.2 Å². The Morgan fingerprint density at radius 3 is 2.12 bits per heavy atom. The lowest BCUT2D eigenvalue weighted by molar-refractivity contribution is -0.0869. The van der Waals surface area contributed by atoms with Crippen LogP contribution in [0.25, 0.3) is 0 Å². The third-order valence-corrected chi connectivity index (χ3v) is 5.22. The van der Waals surface area contributed by atoms with E-state index < -0.39 is 5.60 Å². The first kappa shape index (κ1) is 13.3. The Morgan fingerprint density at radius 1 is 1.12 bits per heavy atom. The summed E-state index contributed by atoms with van der Waals surface area (Å²) in [6, 6.07) is 0. The number of nitrogens with two attached hydrogens (primary N) is 1. The van der Waals surface area contributed by atoms with Crippen LogP contribution in [0.5, 0.6) is 0 Å². The van der Waals surface area contributed by atoms with E-state index in [0.29, 0.717) is 0 Å². The SMILES string of the molecule is CC(C)C1CCC(O)(C2(N)CCNCC2)CC1. The largest absolute Gasteiger partial charge is 0.388 e. The molecular weight excluding hydrogens is 212 g/mol. The van der Waals surface area contributed by atoms with Crippen molar-refractivity contribution >= 4 is 0 Å². The summed E-state index contributed by atoms with van der Waals surface area (Å²) in [7, 11) is 0. The molecule has 4 N–H and O–H groups in total. The minimum Gasteiger partial charge on any atom is -0.388 e. The number of hydrogen-bond donors (Lipinski definition) is 3. The van der Waals surface area contributed by atoms with Gasteiger partial charge in [-0.1, -0.05) is 13.8 Å². The van der Waals surface area contributed by atoms with Crippen molar-refractivity contribution in [2.45, 2.75) is 63.5 Å². The van der Waals surface area contributed by atoms with Crippen LogP contribution in [-0.4, -0.2) is 29.3 Å². The molecule has 0 aromatic heterocycles. The standard InChI is InChI=1S/C14H28N2O/c1-11(2)12-3-5-14(17,6-4-12)13(15)7-9-16-10-8-13/h11-12,16-17H,3-10,15H2,1-2H3. The van der Waals surface area contributed by atoms with Crippen molar-refractivity contribution in [3.05, 3.63) is 0 Å². The van der Waals surface area contributed by atoms with Crippen LogP contribution in [0.4, 0.5) is 0 Å². The van der Waals surface area contributed by atoms with Crippen LogP contribution < -0.4 is 11.1 Å². The molecule has 1 saturated carbocycles. The van der Waals surface area contributed by atoms with Crippen molar-refractivity contribution < 1.29 is 5.11 Å². The molecular formula is C14H28N2O. The molecule has 2 rings (SSSR count). The lowest BCUT2D eigenvalue weighted by atomic mass is 9.64. The molecule has 0 bridgehead atoms. The molecule has 17 heavy (non-hydrogen) atoms. The lowest BCUT2D eigenvalue weighted by Crippen LogP contribution is -2.65. The average Bonchev–Trinajstić information content (AvgIpc) is 2.30. The van der Waals surface area contributed by atoms with E-state index in [0.717, 1.165) is 63.5 Å². The third kappa shape index (κ3) is 2.51. The Hall–Kier alpha value is -0.120. The molecule has 3 nitrogen and oxygen atoms in total. The van der Waals surface area contributed by atoms with Crippen molar-refractivity contribution in [3.8, 4) is 0 Å². The fraction of sp³-hybridized carbons (Fsp3) is 1.00. The van der Waals surface area contributed by atoms with Crippen LogP contribution in [0.3, 0.4) is 0 Å². The Kier molecular flexibility index (Phi) is 3.81. The van der Waals surface area contributed by atoms with Gasteiger partial charge in [0.15, 0.2) is 0 Å². The molecule has 1 heterocycles. The number of nitrogens with one attached hydrogen (secondary N) is 1. The molecule has 1 saturated heterocycles. The topological polar surface area (TPSA) is 58.3 Å². The van der Waals surface area contributed by atoms with Crippen molar-refractivity contribution in [2.75, 3.05) is 13.1 Å². The molecule has 0 aromatic rings. The number of piperidine rings is 1. The first-order valence-electron chi connectivity index (χ1n) is 7.19. The summed E-state index contributed by atoms with van der Waals surface area (Å²) in [4.78, 5) is 0. The molecule has 1 aliphatic carbocycles. The number of rotatable bonds is 2. The summed E-state index contributed by atoms with van der Waals surface area (Å²) in [6.45, 7) is 6.48. The van der Waals surface area contributed by atoms with Gasteiger partial charge in [-0.3, -0.25) is 0 Å². The molecule has 0 radical (unpaired) electrons. The molecule has 0 aromatic carbocycles. The van der Waals surface area contributed by atoms with Crippen LogP contribution in [0.1, 0.15) is 52.4 Å². The fourth-order valence-electron chi connectivity index (χ4n) is 3.62. The highest BCUT2D eigenvalue weighted by Crippen LogP contribution is 2.43. The van der Waals surface area contributed by atoms with Gasteiger partial charge in [-0.15, -0.1) is 0 Å². The second kappa shape index (κ2) is 4.87. The minimum atomic E-state index is -0.611. The monoisotopic (exact) mass is 240 g/mol. The average molecular weight is 240 g/mol. The zero-order valence-electron chi connectivity index (χ0n) is 11.3. The van der Waals surface area contributed by atoms with Gasteiger partial charge < -0.3 is 16.2 Å². The van der Waals surface area contributed by atoms with E-state index in [-0.39, 0.29) is 5.54 Å². The predicted octanol–water partition coefficient (Wildman–Crippen LogP) is 1.64. The highest BCUT2D eigenvalue weighted by atomic mass is 16.3. The van der Waals surface area contributed by atoms with Crippen LogP contribution in [0, 0.1) is 11.8 Å². The van der Waals surface area contributed by atoms with E-state index in [9.17, 15) is 5.11 Å². The summed E-state index contributed by atoms with van der Waals surface area (Å²) >= 11 is 0. The number of hydrogen-bond acceptors (Lipinski definition) is 3. The Labute approximate surface area is 105 Å². The van der Waals surface area contributed by atoms with E-state index in [1.54, 1.807) is 0 Å². The summed E-state index contributed by atoms with van der Waals surface area (Å²) < 4.78 is 0. The zero-order chi connectivity index (χ0) is 12.5. The van der Waals surface area contributed by atoms with Crippen molar-refractivity contribution in [1.82, 2.24) is 5.32 Å². The van der Waals surface area contributed by atoms with Gasteiger partial charge in [-0.25, -0.2) is 0 Å². The highest BCUT2D eigenvalue weighted by Gasteiger charge is 2.49. The van der Waals surface area contributed by atoms with Gasteiger partial charge >= 0.3 is 0 Å². The molecule has 0 amide bonds. The van der Waals surface area contributed by atoms with Gasteiger partial charge in [0.2, 0.25) is 0 Å². The maximum absolute atomic E-state index is 10.9. The van der Waals surface area contributed by atoms with Crippen LogP contribution in [-0.2, 0) is 0 Å². The summed E-state index contributed by atoms with van der Waals surface area (Å²) in [5.41, 5.74) is 5.54. The highest BCUT2D eigenvalue weighted by molar-refractivity contribution is 5.07. The fourth-order valence-corrected chi connectivity index (χ4v) is 3.62. The van der Waals surface area contributed by atoms with Crippen molar-refractivity contribution in [2.24, 2.45) is 17.6 Å². The van der Waals surface area contributed by atoms with Crippen LogP contribution in [0.15, 0.2) is 0 Å². The number of aliphatic hydroxyl groups is 1. The molecule has 2 fully saturated rings. The molecule has 3 heteroatoms. The Morgan fingerprint density at radius 2 is 1.65 bits per heavy atom. The van der Waals surface area contributed by atoms with Gasteiger partial charge in [0.1, 0.15) is 0 Å². The maximum Gasteiger partial charge on any atom is 0.0827 e. The van der Waals surface area contributed by atoms with Gasteiger partial charge in [0.05, 0.1) is 5.60 Å². The molecule has 1 aliphatic heterocycles. The first-order valence-corrected chi connectivity index (χ1v) is 7.19. The normalized spacial score (nSPS) is 38.3. The molecule has 0 atom stereocenters. The minimum absolute atomic E-state index is 0.347. The van der Waals surface area contributed by atoms with Gasteiger partial charge in [-0.2, -0.15) is 0 Å². The van der Waals surface area contributed by atoms with E-state index >= 15 is 0 Å². The van der Waals surface area contributed by atoms with Crippen molar-refractivity contribution in [3.63, 3.8) is 0 Å².